The lowest BCUT2D eigenvalue weighted by Gasteiger charge is -2.21. The Morgan fingerprint density at radius 3 is 2.18 bits per heavy atom. The van der Waals surface area contributed by atoms with Crippen molar-refractivity contribution in [2.45, 2.75) is 13.8 Å². The SMILES string of the molecule is CCN(CC)c1ccc(-c2cc(=O)oc3ccc(-c4cc5cc(Cl)ccc5oc4=O)cc23)cc1. The van der Waals surface area contributed by atoms with E-state index < -0.39 is 11.3 Å². The molecule has 0 amide bonds. The van der Waals surface area contributed by atoms with Gasteiger partial charge in [0.15, 0.2) is 0 Å². The molecule has 3 aromatic carbocycles. The Bertz CT molecular complexity index is 1630. The predicted molar refractivity (Wildman–Crippen MR) is 138 cm³/mol. The molecule has 0 radical (unpaired) electrons. The second-order valence-corrected chi connectivity index (χ2v) is 8.48. The second-order valence-electron chi connectivity index (χ2n) is 8.04. The van der Waals surface area contributed by atoms with E-state index in [2.05, 4.69) is 18.7 Å². The van der Waals surface area contributed by atoms with Crippen LogP contribution in [-0.4, -0.2) is 13.1 Å². The maximum Gasteiger partial charge on any atom is 0.344 e. The third kappa shape index (κ3) is 3.99. The van der Waals surface area contributed by atoms with E-state index in [-0.39, 0.29) is 0 Å². The first kappa shape index (κ1) is 22.0. The van der Waals surface area contributed by atoms with Gasteiger partial charge in [-0.2, -0.15) is 0 Å². The summed E-state index contributed by atoms with van der Waals surface area (Å²) in [6.45, 7) is 6.06. The molecule has 0 aliphatic rings. The largest absolute Gasteiger partial charge is 0.423 e. The van der Waals surface area contributed by atoms with E-state index in [1.54, 1.807) is 36.4 Å². The summed E-state index contributed by atoms with van der Waals surface area (Å²) >= 11 is 6.12. The van der Waals surface area contributed by atoms with E-state index in [4.69, 9.17) is 20.4 Å². The predicted octanol–water partition coefficient (Wildman–Crippen LogP) is 6.73. The van der Waals surface area contributed by atoms with Gasteiger partial charge in [-0.25, -0.2) is 9.59 Å². The Kier molecular flexibility index (Phi) is 5.72. The Hall–Kier alpha value is -3.83. The summed E-state index contributed by atoms with van der Waals surface area (Å²) in [6.07, 6.45) is 0. The number of fused-ring (bicyclic) bond motifs is 2. The highest BCUT2D eigenvalue weighted by Crippen LogP contribution is 2.32. The molecular formula is C28H22ClNO4. The zero-order valence-electron chi connectivity index (χ0n) is 18.8. The maximum absolute atomic E-state index is 12.7. The van der Waals surface area contributed by atoms with Crippen LogP contribution in [0.1, 0.15) is 13.8 Å². The number of anilines is 1. The van der Waals surface area contributed by atoms with Crippen LogP contribution in [0.2, 0.25) is 5.02 Å². The molecule has 5 aromatic rings. The third-order valence-corrected chi connectivity index (χ3v) is 6.29. The summed E-state index contributed by atoms with van der Waals surface area (Å²) in [4.78, 5) is 27.3. The first-order chi connectivity index (χ1) is 16.5. The molecule has 0 fully saturated rings. The Morgan fingerprint density at radius 1 is 0.735 bits per heavy atom. The molecule has 5 rings (SSSR count). The van der Waals surface area contributed by atoms with Crippen LogP contribution in [0.4, 0.5) is 5.69 Å². The lowest BCUT2D eigenvalue weighted by atomic mass is 9.98. The Labute approximate surface area is 200 Å². The quantitative estimate of drug-likeness (QED) is 0.266. The molecule has 0 spiro atoms. The molecule has 0 N–H and O–H groups in total. The van der Waals surface area contributed by atoms with Crippen molar-refractivity contribution < 1.29 is 8.83 Å². The lowest BCUT2D eigenvalue weighted by molar-refractivity contribution is 0.561. The minimum absolute atomic E-state index is 0.408. The number of hydrogen-bond acceptors (Lipinski definition) is 5. The van der Waals surface area contributed by atoms with Crippen LogP contribution in [0, 0.1) is 0 Å². The fourth-order valence-corrected chi connectivity index (χ4v) is 4.49. The molecule has 0 unspecified atom stereocenters. The molecule has 0 saturated heterocycles. The third-order valence-electron chi connectivity index (χ3n) is 6.05. The first-order valence-electron chi connectivity index (χ1n) is 11.1. The van der Waals surface area contributed by atoms with Crippen molar-refractivity contribution >= 4 is 39.2 Å². The zero-order chi connectivity index (χ0) is 23.8. The van der Waals surface area contributed by atoms with Crippen molar-refractivity contribution in [3.8, 4) is 22.3 Å². The molecule has 0 saturated carbocycles. The van der Waals surface area contributed by atoms with E-state index in [9.17, 15) is 9.59 Å². The van der Waals surface area contributed by atoms with Gasteiger partial charge in [0.1, 0.15) is 11.2 Å². The highest BCUT2D eigenvalue weighted by atomic mass is 35.5. The molecule has 6 heteroatoms. The summed E-state index contributed by atoms with van der Waals surface area (Å²) < 4.78 is 11.0. The van der Waals surface area contributed by atoms with Gasteiger partial charge in [-0.05, 0) is 79.1 Å². The van der Waals surface area contributed by atoms with Gasteiger partial charge in [0.05, 0.1) is 5.56 Å². The van der Waals surface area contributed by atoms with Gasteiger partial charge in [-0.3, -0.25) is 0 Å². The molecule has 0 aliphatic carbocycles. The summed E-state index contributed by atoms with van der Waals surface area (Å²) in [7, 11) is 0. The minimum atomic E-state index is -0.448. The van der Waals surface area contributed by atoms with Crippen LogP contribution in [0.5, 0.6) is 0 Å². The topological polar surface area (TPSA) is 63.7 Å². The average Bonchev–Trinajstić information content (AvgIpc) is 2.84. The second kappa shape index (κ2) is 8.84. The van der Waals surface area contributed by atoms with Crippen LogP contribution in [0.25, 0.3) is 44.2 Å². The molecule has 34 heavy (non-hydrogen) atoms. The zero-order valence-corrected chi connectivity index (χ0v) is 19.6. The van der Waals surface area contributed by atoms with Gasteiger partial charge >= 0.3 is 11.3 Å². The van der Waals surface area contributed by atoms with Gasteiger partial charge in [0.25, 0.3) is 0 Å². The van der Waals surface area contributed by atoms with Gasteiger partial charge in [0.2, 0.25) is 0 Å². The molecule has 2 aromatic heterocycles. The van der Waals surface area contributed by atoms with Gasteiger partial charge in [0, 0.05) is 40.6 Å². The number of nitrogens with zero attached hydrogens (tertiary/aromatic N) is 1. The van der Waals surface area contributed by atoms with Crippen molar-refractivity contribution in [1.82, 2.24) is 0 Å². The van der Waals surface area contributed by atoms with Crippen molar-refractivity contribution in [1.29, 1.82) is 0 Å². The van der Waals surface area contributed by atoms with E-state index in [1.165, 1.54) is 6.07 Å². The van der Waals surface area contributed by atoms with Crippen LogP contribution in [0.3, 0.4) is 0 Å². The summed E-state index contributed by atoms with van der Waals surface area (Å²) in [6, 6.07) is 21.8. The van der Waals surface area contributed by atoms with E-state index >= 15 is 0 Å². The number of halogens is 1. The maximum atomic E-state index is 12.7. The molecule has 0 atom stereocenters. The summed E-state index contributed by atoms with van der Waals surface area (Å²) in [5.74, 6) is 0. The first-order valence-corrected chi connectivity index (χ1v) is 11.5. The summed E-state index contributed by atoms with van der Waals surface area (Å²) in [5.41, 5.74) is 3.87. The summed E-state index contributed by atoms with van der Waals surface area (Å²) in [5, 5.41) is 2.02. The fraction of sp³-hybridized carbons (Fsp3) is 0.143. The molecule has 0 aliphatic heterocycles. The molecule has 5 nitrogen and oxygen atoms in total. The fourth-order valence-electron chi connectivity index (χ4n) is 4.31. The van der Waals surface area contributed by atoms with E-state index in [0.717, 1.165) is 40.7 Å². The average molecular weight is 472 g/mol. The molecule has 170 valence electrons. The monoisotopic (exact) mass is 471 g/mol. The van der Waals surface area contributed by atoms with Crippen molar-refractivity contribution in [2.24, 2.45) is 0 Å². The van der Waals surface area contributed by atoms with Crippen molar-refractivity contribution in [2.75, 3.05) is 18.0 Å². The van der Waals surface area contributed by atoms with Crippen molar-refractivity contribution in [3.63, 3.8) is 0 Å². The van der Waals surface area contributed by atoms with Gasteiger partial charge < -0.3 is 13.7 Å². The Morgan fingerprint density at radius 2 is 1.44 bits per heavy atom. The molecular weight excluding hydrogens is 450 g/mol. The van der Waals surface area contributed by atoms with E-state index in [0.29, 0.717) is 27.3 Å². The lowest BCUT2D eigenvalue weighted by Crippen LogP contribution is -2.21. The van der Waals surface area contributed by atoms with Gasteiger partial charge in [-0.15, -0.1) is 0 Å². The number of benzene rings is 3. The Balaban J connectivity index is 1.67. The number of rotatable bonds is 5. The van der Waals surface area contributed by atoms with Crippen LogP contribution >= 0.6 is 11.6 Å². The smallest absolute Gasteiger partial charge is 0.344 e. The molecule has 0 bridgehead atoms. The standard InChI is InChI=1S/C28H22ClNO4/c1-3-30(4-2)21-9-5-17(6-10-21)22-16-27(31)33-26-11-7-18(14-24(22)26)23-15-19-13-20(29)8-12-25(19)34-28(23)32/h5-16H,3-4H2,1-2H3. The highest BCUT2D eigenvalue weighted by Gasteiger charge is 2.13. The minimum Gasteiger partial charge on any atom is -0.423 e. The van der Waals surface area contributed by atoms with Crippen LogP contribution in [0.15, 0.2) is 91.2 Å². The highest BCUT2D eigenvalue weighted by molar-refractivity contribution is 6.31. The molecule has 2 heterocycles. The van der Waals surface area contributed by atoms with Crippen molar-refractivity contribution in [3.05, 3.63) is 98.7 Å². The normalized spacial score (nSPS) is 11.3. The van der Waals surface area contributed by atoms with Crippen LogP contribution < -0.4 is 16.2 Å². The van der Waals surface area contributed by atoms with Crippen LogP contribution in [-0.2, 0) is 0 Å². The number of hydrogen-bond donors (Lipinski definition) is 0. The van der Waals surface area contributed by atoms with E-state index in [1.807, 2.05) is 30.3 Å². The van der Waals surface area contributed by atoms with Gasteiger partial charge in [-0.1, -0.05) is 29.8 Å².